The predicted octanol–water partition coefficient (Wildman–Crippen LogP) is 2.33. The smallest absolute Gasteiger partial charge is 0.0624 e. The van der Waals surface area contributed by atoms with Gasteiger partial charge in [-0.15, -0.1) is 0 Å². The van der Waals surface area contributed by atoms with Crippen LogP contribution in [0.5, 0.6) is 0 Å². The lowest BCUT2D eigenvalue weighted by Gasteiger charge is -2.27. The van der Waals surface area contributed by atoms with E-state index in [1.807, 2.05) is 0 Å². The standard InChI is InChI=1S/C14H29NO2S/c1-4-8-15-13(10-17-3)11-18(16)14-7-5-6-12(2)9-14/h12-15H,4-11H2,1-3H3. The van der Waals surface area contributed by atoms with E-state index in [1.165, 1.54) is 12.8 Å². The van der Waals surface area contributed by atoms with Gasteiger partial charge in [-0.2, -0.15) is 0 Å². The number of hydrogen-bond donors (Lipinski definition) is 1. The SMILES string of the molecule is CCCNC(COC)CS(=O)C1CCCC(C)C1. The predicted molar refractivity (Wildman–Crippen MR) is 78.4 cm³/mol. The Morgan fingerprint density at radius 3 is 2.83 bits per heavy atom. The van der Waals surface area contributed by atoms with Crippen LogP contribution < -0.4 is 5.32 Å². The number of nitrogens with one attached hydrogen (secondary N) is 1. The highest BCUT2D eigenvalue weighted by Gasteiger charge is 2.25. The van der Waals surface area contributed by atoms with E-state index in [9.17, 15) is 4.21 Å². The Morgan fingerprint density at radius 2 is 2.22 bits per heavy atom. The van der Waals surface area contributed by atoms with E-state index >= 15 is 0 Å². The molecule has 1 saturated carbocycles. The zero-order valence-corrected chi connectivity index (χ0v) is 12.9. The summed E-state index contributed by atoms with van der Waals surface area (Å²) in [4.78, 5) is 0. The van der Waals surface area contributed by atoms with E-state index in [1.54, 1.807) is 7.11 Å². The fourth-order valence-corrected chi connectivity index (χ4v) is 4.52. The normalized spacial score (nSPS) is 27.9. The molecule has 4 atom stereocenters. The van der Waals surface area contributed by atoms with Crippen molar-refractivity contribution >= 4 is 10.8 Å². The van der Waals surface area contributed by atoms with Crippen molar-refractivity contribution in [1.82, 2.24) is 5.32 Å². The number of hydrogen-bond acceptors (Lipinski definition) is 3. The summed E-state index contributed by atoms with van der Waals surface area (Å²) in [7, 11) is 1.01. The summed E-state index contributed by atoms with van der Waals surface area (Å²) in [5.74, 6) is 1.49. The molecule has 0 radical (unpaired) electrons. The Kier molecular flexibility index (Phi) is 8.11. The van der Waals surface area contributed by atoms with Crippen LogP contribution in [0.1, 0.15) is 46.0 Å². The van der Waals surface area contributed by atoms with E-state index in [0.717, 1.165) is 37.5 Å². The van der Waals surface area contributed by atoms with Crippen LogP contribution in [0.2, 0.25) is 0 Å². The van der Waals surface area contributed by atoms with Crippen LogP contribution >= 0.6 is 0 Å². The summed E-state index contributed by atoms with van der Waals surface area (Å²) in [5.41, 5.74) is 0. The average molecular weight is 275 g/mol. The van der Waals surface area contributed by atoms with Gasteiger partial charge in [-0.05, 0) is 31.7 Å². The van der Waals surface area contributed by atoms with Crippen molar-refractivity contribution in [2.45, 2.75) is 57.2 Å². The zero-order chi connectivity index (χ0) is 13.4. The quantitative estimate of drug-likeness (QED) is 0.739. The number of methoxy groups -OCH3 is 1. The van der Waals surface area contributed by atoms with Crippen LogP contribution in [0.15, 0.2) is 0 Å². The van der Waals surface area contributed by atoms with Crippen LogP contribution in [0.25, 0.3) is 0 Å². The Balaban J connectivity index is 2.38. The zero-order valence-electron chi connectivity index (χ0n) is 12.1. The van der Waals surface area contributed by atoms with Gasteiger partial charge in [0.2, 0.25) is 0 Å². The molecule has 0 spiro atoms. The Labute approximate surface area is 115 Å². The lowest BCUT2D eigenvalue weighted by molar-refractivity contribution is 0.173. The molecule has 0 amide bonds. The van der Waals surface area contributed by atoms with Gasteiger partial charge in [0.05, 0.1) is 6.61 Å². The molecule has 1 rings (SSSR count). The lowest BCUT2D eigenvalue weighted by Crippen LogP contribution is -2.40. The molecule has 108 valence electrons. The van der Waals surface area contributed by atoms with Crippen LogP contribution in [0.4, 0.5) is 0 Å². The van der Waals surface area contributed by atoms with Crippen molar-refractivity contribution in [3.63, 3.8) is 0 Å². The first kappa shape index (κ1) is 16.1. The van der Waals surface area contributed by atoms with E-state index in [2.05, 4.69) is 19.2 Å². The lowest BCUT2D eigenvalue weighted by atomic mass is 9.91. The van der Waals surface area contributed by atoms with Gasteiger partial charge in [0.1, 0.15) is 0 Å². The van der Waals surface area contributed by atoms with Gasteiger partial charge in [0, 0.05) is 35.0 Å². The first-order chi connectivity index (χ1) is 8.67. The minimum absolute atomic E-state index is 0.244. The molecule has 0 aromatic rings. The summed E-state index contributed by atoms with van der Waals surface area (Å²) in [6.45, 7) is 6.07. The first-order valence-corrected chi connectivity index (χ1v) is 8.65. The topological polar surface area (TPSA) is 38.3 Å². The molecule has 1 N–H and O–H groups in total. The molecule has 0 saturated heterocycles. The van der Waals surface area contributed by atoms with E-state index in [4.69, 9.17) is 4.74 Å². The first-order valence-electron chi connectivity index (χ1n) is 7.26. The molecule has 1 aliphatic rings. The van der Waals surface area contributed by atoms with Crippen molar-refractivity contribution < 1.29 is 8.95 Å². The Hall–Kier alpha value is 0.0700. The highest BCUT2D eigenvalue weighted by molar-refractivity contribution is 7.85. The second kappa shape index (κ2) is 9.05. The minimum atomic E-state index is -0.705. The van der Waals surface area contributed by atoms with E-state index in [0.29, 0.717) is 11.9 Å². The monoisotopic (exact) mass is 275 g/mol. The average Bonchev–Trinajstić information content (AvgIpc) is 2.36. The maximum atomic E-state index is 12.4. The van der Waals surface area contributed by atoms with Crippen LogP contribution in [0.3, 0.4) is 0 Å². The maximum Gasteiger partial charge on any atom is 0.0624 e. The van der Waals surface area contributed by atoms with Crippen molar-refractivity contribution in [2.24, 2.45) is 5.92 Å². The Morgan fingerprint density at radius 1 is 1.44 bits per heavy atom. The summed E-state index contributed by atoms with van der Waals surface area (Å²) in [6.07, 6.45) is 5.94. The molecule has 0 aliphatic heterocycles. The van der Waals surface area contributed by atoms with Gasteiger partial charge in [-0.25, -0.2) is 0 Å². The largest absolute Gasteiger partial charge is 0.383 e. The summed E-state index contributed by atoms with van der Waals surface area (Å²) in [5, 5.41) is 3.85. The van der Waals surface area contributed by atoms with Crippen LogP contribution in [0, 0.1) is 5.92 Å². The van der Waals surface area contributed by atoms with Gasteiger partial charge >= 0.3 is 0 Å². The highest BCUT2D eigenvalue weighted by Crippen LogP contribution is 2.27. The molecular weight excluding hydrogens is 246 g/mol. The van der Waals surface area contributed by atoms with E-state index < -0.39 is 10.8 Å². The third-order valence-corrected chi connectivity index (χ3v) is 5.58. The third-order valence-electron chi connectivity index (χ3n) is 3.68. The van der Waals surface area contributed by atoms with Crippen molar-refractivity contribution in [1.29, 1.82) is 0 Å². The molecule has 0 bridgehead atoms. The maximum absolute atomic E-state index is 12.4. The van der Waals surface area contributed by atoms with Gasteiger partial charge in [0.15, 0.2) is 0 Å². The van der Waals surface area contributed by atoms with Crippen molar-refractivity contribution in [3.8, 4) is 0 Å². The molecule has 1 fully saturated rings. The fourth-order valence-electron chi connectivity index (χ4n) is 2.67. The molecule has 3 nitrogen and oxygen atoms in total. The summed E-state index contributed by atoms with van der Waals surface area (Å²) >= 11 is 0. The van der Waals surface area contributed by atoms with Gasteiger partial charge < -0.3 is 10.1 Å². The molecule has 1 aliphatic carbocycles. The highest BCUT2D eigenvalue weighted by atomic mass is 32.2. The molecule has 0 heterocycles. The van der Waals surface area contributed by atoms with Crippen molar-refractivity contribution in [3.05, 3.63) is 0 Å². The second-order valence-electron chi connectivity index (χ2n) is 5.55. The van der Waals surface area contributed by atoms with Gasteiger partial charge in [0.25, 0.3) is 0 Å². The Bertz CT molecular complexity index is 248. The van der Waals surface area contributed by atoms with Gasteiger partial charge in [-0.3, -0.25) is 4.21 Å². The molecule has 0 aromatic heterocycles. The van der Waals surface area contributed by atoms with Crippen LogP contribution in [-0.2, 0) is 15.5 Å². The molecule has 4 heteroatoms. The number of ether oxygens (including phenoxy) is 1. The summed E-state index contributed by atoms with van der Waals surface area (Å²) in [6, 6.07) is 0.244. The molecule has 18 heavy (non-hydrogen) atoms. The minimum Gasteiger partial charge on any atom is -0.383 e. The molecule has 0 aromatic carbocycles. The van der Waals surface area contributed by atoms with Crippen molar-refractivity contribution in [2.75, 3.05) is 26.0 Å². The number of rotatable bonds is 8. The van der Waals surface area contributed by atoms with Gasteiger partial charge in [-0.1, -0.05) is 26.7 Å². The summed E-state index contributed by atoms with van der Waals surface area (Å²) < 4.78 is 17.6. The second-order valence-corrected chi connectivity index (χ2v) is 7.31. The molecular formula is C14H29NO2S. The fraction of sp³-hybridized carbons (Fsp3) is 1.00. The van der Waals surface area contributed by atoms with E-state index in [-0.39, 0.29) is 6.04 Å². The molecule has 4 unspecified atom stereocenters. The van der Waals surface area contributed by atoms with Crippen LogP contribution in [-0.4, -0.2) is 41.5 Å². The third kappa shape index (κ3) is 5.81.